The van der Waals surface area contributed by atoms with Crippen molar-refractivity contribution in [3.8, 4) is 5.75 Å². The molecule has 1 aliphatic heterocycles. The van der Waals surface area contributed by atoms with Crippen LogP contribution in [-0.2, 0) is 0 Å². The lowest BCUT2D eigenvalue weighted by molar-refractivity contribution is 0.250. The van der Waals surface area contributed by atoms with Crippen molar-refractivity contribution in [1.82, 2.24) is 4.90 Å². The normalized spacial score (nSPS) is 17.8. The van der Waals surface area contributed by atoms with E-state index in [-0.39, 0.29) is 0 Å². The van der Waals surface area contributed by atoms with E-state index >= 15 is 0 Å². The average Bonchev–Trinajstić information content (AvgIpc) is 2.55. The first-order valence-corrected chi connectivity index (χ1v) is 8.10. The number of rotatable bonds is 7. The third-order valence-electron chi connectivity index (χ3n) is 4.38. The fourth-order valence-electron chi connectivity index (χ4n) is 2.80. The lowest BCUT2D eigenvalue weighted by Crippen LogP contribution is -2.46. The highest BCUT2D eigenvalue weighted by molar-refractivity contribution is 5.49. The van der Waals surface area contributed by atoms with Crippen LogP contribution in [0.2, 0.25) is 0 Å². The van der Waals surface area contributed by atoms with Gasteiger partial charge in [-0.15, -0.1) is 0 Å². The molecule has 1 heterocycles. The zero-order valence-electron chi connectivity index (χ0n) is 13.4. The summed E-state index contributed by atoms with van der Waals surface area (Å²) in [5, 5.41) is 0. The van der Waals surface area contributed by atoms with Crippen molar-refractivity contribution < 1.29 is 4.74 Å². The van der Waals surface area contributed by atoms with Crippen LogP contribution in [0.1, 0.15) is 26.2 Å². The molecule has 4 nitrogen and oxygen atoms in total. The smallest absolute Gasteiger partial charge is 0.119 e. The summed E-state index contributed by atoms with van der Waals surface area (Å²) < 4.78 is 5.21. The summed E-state index contributed by atoms with van der Waals surface area (Å²) in [5.74, 6) is 0.921. The number of hydrogen-bond acceptors (Lipinski definition) is 4. The van der Waals surface area contributed by atoms with Gasteiger partial charge in [-0.25, -0.2) is 0 Å². The maximum atomic E-state index is 5.97. The van der Waals surface area contributed by atoms with Gasteiger partial charge < -0.3 is 15.4 Å². The molecule has 2 rings (SSSR count). The molecule has 0 saturated carbocycles. The van der Waals surface area contributed by atoms with Gasteiger partial charge in [0.05, 0.1) is 7.11 Å². The van der Waals surface area contributed by atoms with Crippen LogP contribution in [0.15, 0.2) is 24.3 Å². The van der Waals surface area contributed by atoms with Crippen LogP contribution >= 0.6 is 0 Å². The Hall–Kier alpha value is -1.26. The molecule has 1 aromatic carbocycles. The van der Waals surface area contributed by atoms with Crippen molar-refractivity contribution in [3.63, 3.8) is 0 Å². The Morgan fingerprint density at radius 2 is 1.81 bits per heavy atom. The summed E-state index contributed by atoms with van der Waals surface area (Å²) in [6, 6.07) is 8.75. The minimum atomic E-state index is 0.380. The van der Waals surface area contributed by atoms with Gasteiger partial charge in [0.25, 0.3) is 0 Å². The highest BCUT2D eigenvalue weighted by Crippen LogP contribution is 2.20. The molecule has 0 radical (unpaired) electrons. The second-order valence-electron chi connectivity index (χ2n) is 5.84. The predicted molar refractivity (Wildman–Crippen MR) is 89.1 cm³/mol. The van der Waals surface area contributed by atoms with Crippen LogP contribution in [0, 0.1) is 0 Å². The first kappa shape index (κ1) is 16.1. The third kappa shape index (κ3) is 4.90. The van der Waals surface area contributed by atoms with Gasteiger partial charge in [-0.1, -0.05) is 6.92 Å². The summed E-state index contributed by atoms with van der Waals surface area (Å²) >= 11 is 0. The standard InChI is InChI=1S/C17H29N3O/c1-3-15(18)5-4-10-19-11-13-20(14-12-19)16-6-8-17(21-2)9-7-16/h6-9,15H,3-5,10-14,18H2,1-2H3. The van der Waals surface area contributed by atoms with Crippen LogP contribution in [0.3, 0.4) is 0 Å². The number of nitrogens with two attached hydrogens (primary N) is 1. The Kier molecular flexibility index (Phi) is 6.33. The number of benzene rings is 1. The van der Waals surface area contributed by atoms with E-state index in [2.05, 4.69) is 28.9 Å². The molecule has 0 bridgehead atoms. The van der Waals surface area contributed by atoms with Crippen molar-refractivity contribution in [2.45, 2.75) is 32.2 Å². The number of methoxy groups -OCH3 is 1. The molecule has 21 heavy (non-hydrogen) atoms. The van der Waals surface area contributed by atoms with E-state index in [4.69, 9.17) is 10.5 Å². The highest BCUT2D eigenvalue weighted by Gasteiger charge is 2.16. The minimum absolute atomic E-state index is 0.380. The number of hydrogen-bond donors (Lipinski definition) is 1. The summed E-state index contributed by atoms with van der Waals surface area (Å²) in [5.41, 5.74) is 7.27. The van der Waals surface area contributed by atoms with Crippen LogP contribution in [0.5, 0.6) is 5.75 Å². The molecule has 1 fully saturated rings. The van der Waals surface area contributed by atoms with Gasteiger partial charge in [-0.2, -0.15) is 0 Å². The van der Waals surface area contributed by atoms with Gasteiger partial charge >= 0.3 is 0 Å². The molecule has 0 aliphatic carbocycles. The topological polar surface area (TPSA) is 41.7 Å². The fraction of sp³-hybridized carbons (Fsp3) is 0.647. The molecule has 4 heteroatoms. The predicted octanol–water partition coefficient (Wildman–Crippen LogP) is 2.33. The average molecular weight is 291 g/mol. The van der Waals surface area contributed by atoms with Crippen molar-refractivity contribution in [2.24, 2.45) is 5.73 Å². The second-order valence-corrected chi connectivity index (χ2v) is 5.84. The SMILES string of the molecule is CCC(N)CCCN1CCN(c2ccc(OC)cc2)CC1. The quantitative estimate of drug-likeness (QED) is 0.837. The van der Waals surface area contributed by atoms with E-state index in [1.54, 1.807) is 7.11 Å². The third-order valence-corrected chi connectivity index (χ3v) is 4.38. The molecule has 118 valence electrons. The second kappa shape index (κ2) is 8.25. The van der Waals surface area contributed by atoms with E-state index in [0.717, 1.165) is 44.8 Å². The molecule has 1 aromatic rings. The molecular weight excluding hydrogens is 262 g/mol. The zero-order valence-corrected chi connectivity index (χ0v) is 13.4. The van der Waals surface area contributed by atoms with Gasteiger partial charge in [0, 0.05) is 37.9 Å². The van der Waals surface area contributed by atoms with Crippen molar-refractivity contribution in [2.75, 3.05) is 44.7 Å². The summed E-state index contributed by atoms with van der Waals surface area (Å²) in [6.45, 7) is 7.85. The Morgan fingerprint density at radius 3 is 2.38 bits per heavy atom. The first-order valence-electron chi connectivity index (χ1n) is 8.10. The van der Waals surface area contributed by atoms with Crippen LogP contribution < -0.4 is 15.4 Å². The molecule has 1 saturated heterocycles. The van der Waals surface area contributed by atoms with Crippen LogP contribution in [-0.4, -0.2) is 50.8 Å². The van der Waals surface area contributed by atoms with Crippen molar-refractivity contribution in [1.29, 1.82) is 0 Å². The largest absolute Gasteiger partial charge is 0.497 e. The van der Waals surface area contributed by atoms with Crippen LogP contribution in [0.4, 0.5) is 5.69 Å². The fourth-order valence-corrected chi connectivity index (χ4v) is 2.80. The Bertz CT molecular complexity index is 399. The number of nitrogens with zero attached hydrogens (tertiary/aromatic N) is 2. The van der Waals surface area contributed by atoms with E-state index in [9.17, 15) is 0 Å². The molecule has 2 N–H and O–H groups in total. The summed E-state index contributed by atoms with van der Waals surface area (Å²) in [6.07, 6.45) is 3.46. The maximum absolute atomic E-state index is 5.97. The molecule has 0 spiro atoms. The molecule has 1 atom stereocenters. The van der Waals surface area contributed by atoms with E-state index in [0.29, 0.717) is 6.04 Å². The summed E-state index contributed by atoms with van der Waals surface area (Å²) in [4.78, 5) is 5.01. The van der Waals surface area contributed by atoms with Gasteiger partial charge in [0.1, 0.15) is 5.75 Å². The summed E-state index contributed by atoms with van der Waals surface area (Å²) in [7, 11) is 1.71. The molecular formula is C17H29N3O. The zero-order chi connectivity index (χ0) is 15.1. The number of ether oxygens (including phenoxy) is 1. The molecule has 1 unspecified atom stereocenters. The Morgan fingerprint density at radius 1 is 1.14 bits per heavy atom. The van der Waals surface area contributed by atoms with E-state index in [1.165, 1.54) is 18.7 Å². The van der Waals surface area contributed by atoms with Gasteiger partial charge in [0.15, 0.2) is 0 Å². The molecule has 0 aromatic heterocycles. The number of piperazine rings is 1. The maximum Gasteiger partial charge on any atom is 0.119 e. The Balaban J connectivity index is 1.72. The van der Waals surface area contributed by atoms with Gasteiger partial charge in [0.2, 0.25) is 0 Å². The van der Waals surface area contributed by atoms with Gasteiger partial charge in [-0.05, 0) is 50.1 Å². The molecule has 0 amide bonds. The minimum Gasteiger partial charge on any atom is -0.497 e. The van der Waals surface area contributed by atoms with Crippen LogP contribution in [0.25, 0.3) is 0 Å². The van der Waals surface area contributed by atoms with Crippen molar-refractivity contribution >= 4 is 5.69 Å². The van der Waals surface area contributed by atoms with Gasteiger partial charge in [-0.3, -0.25) is 4.90 Å². The lowest BCUT2D eigenvalue weighted by atomic mass is 10.1. The van der Waals surface area contributed by atoms with E-state index < -0.39 is 0 Å². The first-order chi connectivity index (χ1) is 10.2. The van der Waals surface area contributed by atoms with Crippen molar-refractivity contribution in [3.05, 3.63) is 24.3 Å². The number of anilines is 1. The lowest BCUT2D eigenvalue weighted by Gasteiger charge is -2.36. The Labute approximate surface area is 128 Å². The molecule has 1 aliphatic rings. The van der Waals surface area contributed by atoms with E-state index in [1.807, 2.05) is 12.1 Å². The monoisotopic (exact) mass is 291 g/mol. The highest BCUT2D eigenvalue weighted by atomic mass is 16.5.